The predicted octanol–water partition coefficient (Wildman–Crippen LogP) is 0.421. The summed E-state index contributed by atoms with van der Waals surface area (Å²) < 4.78 is 27.1. The minimum atomic E-state index is -3.28. The molecule has 1 saturated heterocycles. The Balaban J connectivity index is 1.75. The molecule has 1 N–H and O–H groups in total. The lowest BCUT2D eigenvalue weighted by molar-refractivity contribution is 0.0703. The SMILES string of the molecule is CS(=O)(=O)NC1CCCN(C(=O)c2ccnc(-n3ccnc3)c2)C1. The van der Waals surface area contributed by atoms with E-state index < -0.39 is 10.0 Å². The number of likely N-dealkylation sites (tertiary alicyclic amines) is 1. The molecule has 1 fully saturated rings. The molecule has 2 aromatic heterocycles. The molecule has 0 saturated carbocycles. The fourth-order valence-corrected chi connectivity index (χ4v) is 3.63. The normalized spacial score (nSPS) is 18.5. The van der Waals surface area contributed by atoms with Crippen molar-refractivity contribution >= 4 is 15.9 Å². The third kappa shape index (κ3) is 3.98. The number of pyridine rings is 1. The van der Waals surface area contributed by atoms with Gasteiger partial charge in [0, 0.05) is 43.3 Å². The largest absolute Gasteiger partial charge is 0.337 e. The van der Waals surface area contributed by atoms with Gasteiger partial charge in [0.25, 0.3) is 5.91 Å². The summed E-state index contributed by atoms with van der Waals surface area (Å²) >= 11 is 0. The molecule has 0 spiro atoms. The van der Waals surface area contributed by atoms with Crippen molar-refractivity contribution in [3.8, 4) is 5.82 Å². The van der Waals surface area contributed by atoms with E-state index in [1.165, 1.54) is 0 Å². The number of carbonyl (C=O) groups is 1. The molecule has 1 unspecified atom stereocenters. The van der Waals surface area contributed by atoms with Crippen LogP contribution in [0, 0.1) is 0 Å². The van der Waals surface area contributed by atoms with E-state index >= 15 is 0 Å². The molecule has 1 aliphatic heterocycles. The molecule has 128 valence electrons. The van der Waals surface area contributed by atoms with Gasteiger partial charge in [-0.3, -0.25) is 9.36 Å². The minimum Gasteiger partial charge on any atom is -0.337 e. The summed E-state index contributed by atoms with van der Waals surface area (Å²) in [4.78, 5) is 22.6. The molecule has 0 aromatic carbocycles. The van der Waals surface area contributed by atoms with E-state index in [0.717, 1.165) is 19.1 Å². The topological polar surface area (TPSA) is 97.2 Å². The van der Waals surface area contributed by atoms with Gasteiger partial charge < -0.3 is 4.90 Å². The summed E-state index contributed by atoms with van der Waals surface area (Å²) in [6, 6.07) is 3.13. The minimum absolute atomic E-state index is 0.126. The zero-order valence-corrected chi connectivity index (χ0v) is 14.1. The monoisotopic (exact) mass is 349 g/mol. The highest BCUT2D eigenvalue weighted by Crippen LogP contribution is 2.15. The fourth-order valence-electron chi connectivity index (χ4n) is 2.83. The number of nitrogens with zero attached hydrogens (tertiary/aromatic N) is 4. The summed E-state index contributed by atoms with van der Waals surface area (Å²) in [6.45, 7) is 0.984. The Morgan fingerprint density at radius 3 is 2.92 bits per heavy atom. The summed E-state index contributed by atoms with van der Waals surface area (Å²) in [5, 5.41) is 0. The molecule has 0 aliphatic carbocycles. The van der Waals surface area contributed by atoms with Crippen molar-refractivity contribution in [2.45, 2.75) is 18.9 Å². The zero-order valence-electron chi connectivity index (χ0n) is 13.3. The van der Waals surface area contributed by atoms with Crippen molar-refractivity contribution in [2.75, 3.05) is 19.3 Å². The van der Waals surface area contributed by atoms with Crippen LogP contribution >= 0.6 is 0 Å². The van der Waals surface area contributed by atoms with Gasteiger partial charge in [-0.1, -0.05) is 0 Å². The van der Waals surface area contributed by atoms with Crippen LogP contribution in [0.1, 0.15) is 23.2 Å². The van der Waals surface area contributed by atoms with Crippen LogP contribution in [0.4, 0.5) is 0 Å². The third-order valence-electron chi connectivity index (χ3n) is 3.85. The highest BCUT2D eigenvalue weighted by molar-refractivity contribution is 7.88. The predicted molar refractivity (Wildman–Crippen MR) is 88.3 cm³/mol. The first-order valence-electron chi connectivity index (χ1n) is 7.63. The van der Waals surface area contributed by atoms with E-state index in [1.54, 1.807) is 46.5 Å². The van der Waals surface area contributed by atoms with Gasteiger partial charge in [0.1, 0.15) is 12.1 Å². The van der Waals surface area contributed by atoms with E-state index in [4.69, 9.17) is 0 Å². The quantitative estimate of drug-likeness (QED) is 0.863. The summed E-state index contributed by atoms with van der Waals surface area (Å²) in [6.07, 6.45) is 9.22. The van der Waals surface area contributed by atoms with Gasteiger partial charge in [-0.05, 0) is 25.0 Å². The maximum Gasteiger partial charge on any atom is 0.254 e. The third-order valence-corrected chi connectivity index (χ3v) is 4.61. The van der Waals surface area contributed by atoms with E-state index in [9.17, 15) is 13.2 Å². The number of amides is 1. The Labute approximate surface area is 140 Å². The van der Waals surface area contributed by atoms with Gasteiger partial charge in [-0.15, -0.1) is 0 Å². The van der Waals surface area contributed by atoms with Gasteiger partial charge in [0.2, 0.25) is 10.0 Å². The van der Waals surface area contributed by atoms with Gasteiger partial charge >= 0.3 is 0 Å². The van der Waals surface area contributed by atoms with Crippen LogP contribution < -0.4 is 4.72 Å². The van der Waals surface area contributed by atoms with Crippen LogP contribution in [0.3, 0.4) is 0 Å². The number of hydrogen-bond acceptors (Lipinski definition) is 5. The van der Waals surface area contributed by atoms with E-state index in [2.05, 4.69) is 14.7 Å². The second kappa shape index (κ2) is 6.70. The Bertz CT molecular complexity index is 819. The first-order chi connectivity index (χ1) is 11.4. The van der Waals surface area contributed by atoms with Crippen LogP contribution in [0.2, 0.25) is 0 Å². The summed E-state index contributed by atoms with van der Waals surface area (Å²) in [5.74, 6) is 0.486. The average molecular weight is 349 g/mol. The van der Waals surface area contributed by atoms with Crippen molar-refractivity contribution in [1.82, 2.24) is 24.2 Å². The van der Waals surface area contributed by atoms with Crippen molar-refractivity contribution < 1.29 is 13.2 Å². The second-order valence-electron chi connectivity index (χ2n) is 5.85. The van der Waals surface area contributed by atoms with Crippen LogP contribution in [-0.2, 0) is 10.0 Å². The Kier molecular flexibility index (Phi) is 4.63. The molecule has 2 aromatic rings. The number of piperidine rings is 1. The highest BCUT2D eigenvalue weighted by atomic mass is 32.2. The lowest BCUT2D eigenvalue weighted by atomic mass is 10.1. The number of carbonyl (C=O) groups excluding carboxylic acids is 1. The summed E-state index contributed by atoms with van der Waals surface area (Å²) in [7, 11) is -3.28. The van der Waals surface area contributed by atoms with Crippen molar-refractivity contribution in [3.63, 3.8) is 0 Å². The number of hydrogen-bond donors (Lipinski definition) is 1. The summed E-state index contributed by atoms with van der Waals surface area (Å²) in [5.41, 5.74) is 0.522. The van der Waals surface area contributed by atoms with Crippen LogP contribution in [0.25, 0.3) is 5.82 Å². The van der Waals surface area contributed by atoms with Gasteiger partial charge in [0.15, 0.2) is 0 Å². The first kappa shape index (κ1) is 16.6. The number of rotatable bonds is 4. The average Bonchev–Trinajstić information content (AvgIpc) is 3.07. The molecule has 1 amide bonds. The van der Waals surface area contributed by atoms with Crippen molar-refractivity contribution in [2.24, 2.45) is 0 Å². The molecule has 9 heteroatoms. The molecule has 3 heterocycles. The number of imidazole rings is 1. The molecular weight excluding hydrogens is 330 g/mol. The van der Waals surface area contributed by atoms with E-state index in [1.807, 2.05) is 0 Å². The Morgan fingerprint density at radius 2 is 2.21 bits per heavy atom. The number of nitrogens with one attached hydrogen (secondary N) is 1. The second-order valence-corrected chi connectivity index (χ2v) is 7.63. The standard InChI is InChI=1S/C15H19N5O3S/c1-24(22,23)18-13-3-2-7-19(10-13)15(21)12-4-5-17-14(9-12)20-8-6-16-11-20/h4-6,8-9,11,13,18H,2-3,7,10H2,1H3. The lowest BCUT2D eigenvalue weighted by Gasteiger charge is -2.32. The fraction of sp³-hybridized carbons (Fsp3) is 0.400. The van der Waals surface area contributed by atoms with Crippen molar-refractivity contribution in [1.29, 1.82) is 0 Å². The van der Waals surface area contributed by atoms with Gasteiger partial charge in [-0.25, -0.2) is 23.1 Å². The highest BCUT2D eigenvalue weighted by Gasteiger charge is 2.26. The number of sulfonamides is 1. The maximum atomic E-state index is 12.7. The molecule has 8 nitrogen and oxygen atoms in total. The number of aromatic nitrogens is 3. The maximum absolute atomic E-state index is 12.7. The van der Waals surface area contributed by atoms with E-state index in [0.29, 0.717) is 24.5 Å². The molecule has 1 aliphatic rings. The van der Waals surface area contributed by atoms with Gasteiger partial charge in [0.05, 0.1) is 6.26 Å². The Hall–Kier alpha value is -2.26. The zero-order chi connectivity index (χ0) is 17.2. The van der Waals surface area contributed by atoms with Crippen LogP contribution in [-0.4, -0.2) is 59.1 Å². The smallest absolute Gasteiger partial charge is 0.254 e. The molecule has 3 rings (SSSR count). The molecule has 24 heavy (non-hydrogen) atoms. The molecule has 0 bridgehead atoms. The van der Waals surface area contributed by atoms with Crippen LogP contribution in [0.5, 0.6) is 0 Å². The molecule has 1 atom stereocenters. The lowest BCUT2D eigenvalue weighted by Crippen LogP contribution is -2.49. The van der Waals surface area contributed by atoms with Gasteiger partial charge in [-0.2, -0.15) is 0 Å². The van der Waals surface area contributed by atoms with Crippen molar-refractivity contribution in [3.05, 3.63) is 42.6 Å². The van der Waals surface area contributed by atoms with Crippen LogP contribution in [0.15, 0.2) is 37.1 Å². The molecule has 0 radical (unpaired) electrons. The first-order valence-corrected chi connectivity index (χ1v) is 9.52. The molecular formula is C15H19N5O3S. The van der Waals surface area contributed by atoms with E-state index in [-0.39, 0.29) is 11.9 Å². The Morgan fingerprint density at radius 1 is 1.38 bits per heavy atom.